The van der Waals surface area contributed by atoms with Crippen LogP contribution in [0.25, 0.3) is 10.9 Å². The molecular formula is C24H27FN2. The molecule has 1 aromatic heterocycles. The summed E-state index contributed by atoms with van der Waals surface area (Å²) < 4.78 is 13.6. The number of halogens is 1. The van der Waals surface area contributed by atoms with E-state index < -0.39 is 0 Å². The molecule has 140 valence electrons. The first-order chi connectivity index (χ1) is 13.3. The molecule has 1 aliphatic carbocycles. The van der Waals surface area contributed by atoms with Crippen LogP contribution in [-0.4, -0.2) is 29.5 Å². The van der Waals surface area contributed by atoms with E-state index in [1.54, 1.807) is 6.07 Å². The van der Waals surface area contributed by atoms with Gasteiger partial charge in [0.1, 0.15) is 5.82 Å². The quantitative estimate of drug-likeness (QED) is 0.647. The lowest BCUT2D eigenvalue weighted by molar-refractivity contribution is 0.177. The van der Waals surface area contributed by atoms with E-state index in [0.29, 0.717) is 5.92 Å². The zero-order chi connectivity index (χ0) is 18.2. The lowest BCUT2D eigenvalue weighted by Gasteiger charge is -2.32. The van der Waals surface area contributed by atoms with Gasteiger partial charge in [0, 0.05) is 23.6 Å². The molecule has 0 amide bonds. The van der Waals surface area contributed by atoms with Gasteiger partial charge in [-0.1, -0.05) is 30.3 Å². The molecule has 2 aromatic carbocycles. The van der Waals surface area contributed by atoms with Crippen molar-refractivity contribution in [3.05, 3.63) is 71.7 Å². The number of nitrogens with one attached hydrogen (secondary N) is 1. The van der Waals surface area contributed by atoms with E-state index in [-0.39, 0.29) is 5.82 Å². The van der Waals surface area contributed by atoms with Gasteiger partial charge in [0.05, 0.1) is 0 Å². The summed E-state index contributed by atoms with van der Waals surface area (Å²) >= 11 is 0. The van der Waals surface area contributed by atoms with Crippen LogP contribution in [0.5, 0.6) is 0 Å². The fourth-order valence-corrected chi connectivity index (χ4v) is 4.90. The van der Waals surface area contributed by atoms with Crippen molar-refractivity contribution in [3.63, 3.8) is 0 Å². The van der Waals surface area contributed by atoms with Crippen LogP contribution in [0.4, 0.5) is 4.39 Å². The van der Waals surface area contributed by atoms with E-state index in [1.165, 1.54) is 62.5 Å². The van der Waals surface area contributed by atoms with Crippen molar-refractivity contribution < 1.29 is 4.39 Å². The van der Waals surface area contributed by atoms with Gasteiger partial charge in [0.25, 0.3) is 0 Å². The monoisotopic (exact) mass is 362 g/mol. The Hall–Kier alpha value is -2.13. The summed E-state index contributed by atoms with van der Waals surface area (Å²) in [5.74, 6) is 2.02. The zero-order valence-electron chi connectivity index (χ0n) is 15.7. The molecule has 27 heavy (non-hydrogen) atoms. The van der Waals surface area contributed by atoms with Gasteiger partial charge >= 0.3 is 0 Å². The third-order valence-corrected chi connectivity index (χ3v) is 6.56. The number of likely N-dealkylation sites (tertiary alicyclic amines) is 1. The van der Waals surface area contributed by atoms with Crippen LogP contribution in [-0.2, 0) is 6.42 Å². The maximum absolute atomic E-state index is 13.6. The minimum Gasteiger partial charge on any atom is -0.361 e. The van der Waals surface area contributed by atoms with Crippen LogP contribution in [0.3, 0.4) is 0 Å². The van der Waals surface area contributed by atoms with Crippen LogP contribution < -0.4 is 0 Å². The molecule has 2 fully saturated rings. The summed E-state index contributed by atoms with van der Waals surface area (Å²) in [7, 11) is 0. The highest BCUT2D eigenvalue weighted by Gasteiger charge is 2.41. The summed E-state index contributed by atoms with van der Waals surface area (Å²) in [6.07, 6.45) is 7.19. The van der Waals surface area contributed by atoms with Gasteiger partial charge in [-0.2, -0.15) is 0 Å². The first kappa shape index (κ1) is 17.0. The Bertz CT molecular complexity index is 909. The normalized spacial score (nSPS) is 23.7. The first-order valence-electron chi connectivity index (χ1n) is 10.3. The van der Waals surface area contributed by atoms with Crippen LogP contribution in [0.15, 0.2) is 54.7 Å². The van der Waals surface area contributed by atoms with Crippen molar-refractivity contribution >= 4 is 10.9 Å². The van der Waals surface area contributed by atoms with E-state index in [9.17, 15) is 4.39 Å². The summed E-state index contributed by atoms with van der Waals surface area (Å²) in [4.78, 5) is 5.96. The summed E-state index contributed by atoms with van der Waals surface area (Å²) in [5.41, 5.74) is 3.84. The highest BCUT2D eigenvalue weighted by atomic mass is 19.1. The minimum absolute atomic E-state index is 0.138. The lowest BCUT2D eigenvalue weighted by Crippen LogP contribution is -2.35. The van der Waals surface area contributed by atoms with E-state index in [4.69, 9.17) is 0 Å². The highest BCUT2D eigenvalue weighted by molar-refractivity contribution is 5.84. The van der Waals surface area contributed by atoms with Crippen molar-refractivity contribution in [2.24, 2.45) is 11.8 Å². The Kier molecular flexibility index (Phi) is 4.48. The molecule has 5 rings (SSSR count). The Morgan fingerprint density at radius 2 is 1.85 bits per heavy atom. The van der Waals surface area contributed by atoms with Crippen molar-refractivity contribution in [2.45, 2.75) is 31.6 Å². The molecule has 2 aliphatic rings. The summed E-state index contributed by atoms with van der Waals surface area (Å²) in [5, 5.41) is 1.07. The smallest absolute Gasteiger partial charge is 0.123 e. The Balaban J connectivity index is 1.15. The van der Waals surface area contributed by atoms with Crippen LogP contribution in [0, 0.1) is 17.7 Å². The standard InChI is InChI=1S/C24H27FN2/c25-20-6-7-24-22(14-20)23(15-26-24)21-13-19(21)16-27-10-8-18(9-11-27)12-17-4-2-1-3-5-17/h1-7,14-15,18-19,21,26H,8-13,16H2. The topological polar surface area (TPSA) is 19.0 Å². The number of fused-ring (bicyclic) bond motifs is 1. The first-order valence-corrected chi connectivity index (χ1v) is 10.3. The number of aromatic nitrogens is 1. The molecule has 0 bridgehead atoms. The van der Waals surface area contributed by atoms with E-state index in [1.807, 2.05) is 6.07 Å². The fourth-order valence-electron chi connectivity index (χ4n) is 4.90. The second-order valence-corrected chi connectivity index (χ2v) is 8.47. The molecule has 0 spiro atoms. The van der Waals surface area contributed by atoms with Gasteiger partial charge in [-0.05, 0) is 85.9 Å². The number of H-pyrrole nitrogens is 1. The van der Waals surface area contributed by atoms with Crippen LogP contribution in [0.1, 0.15) is 36.3 Å². The van der Waals surface area contributed by atoms with Gasteiger partial charge in [-0.25, -0.2) is 4.39 Å². The average molecular weight is 362 g/mol. The Labute approximate surface area is 160 Å². The largest absolute Gasteiger partial charge is 0.361 e. The van der Waals surface area contributed by atoms with Crippen LogP contribution in [0.2, 0.25) is 0 Å². The number of rotatable bonds is 5. The number of piperidine rings is 1. The van der Waals surface area contributed by atoms with Crippen molar-refractivity contribution in [3.8, 4) is 0 Å². The maximum Gasteiger partial charge on any atom is 0.123 e. The molecule has 3 aromatic rings. The third kappa shape index (κ3) is 3.66. The molecule has 2 nitrogen and oxygen atoms in total. The molecule has 1 aliphatic heterocycles. The molecule has 1 saturated heterocycles. The highest BCUT2D eigenvalue weighted by Crippen LogP contribution is 2.50. The Morgan fingerprint density at radius 1 is 1.04 bits per heavy atom. The lowest BCUT2D eigenvalue weighted by atomic mass is 9.90. The van der Waals surface area contributed by atoms with Gasteiger partial charge < -0.3 is 9.88 Å². The van der Waals surface area contributed by atoms with Crippen molar-refractivity contribution in [2.75, 3.05) is 19.6 Å². The molecule has 2 heterocycles. The average Bonchev–Trinajstić information content (AvgIpc) is 3.32. The Morgan fingerprint density at radius 3 is 2.67 bits per heavy atom. The molecule has 1 saturated carbocycles. The van der Waals surface area contributed by atoms with E-state index in [0.717, 1.165) is 22.7 Å². The van der Waals surface area contributed by atoms with Gasteiger partial charge in [-0.15, -0.1) is 0 Å². The number of hydrogen-bond acceptors (Lipinski definition) is 1. The molecule has 2 unspecified atom stereocenters. The summed E-state index contributed by atoms with van der Waals surface area (Å²) in [6.45, 7) is 3.65. The number of hydrogen-bond donors (Lipinski definition) is 1. The molecule has 3 heteroatoms. The van der Waals surface area contributed by atoms with E-state index >= 15 is 0 Å². The molecule has 2 atom stereocenters. The predicted molar refractivity (Wildman–Crippen MR) is 108 cm³/mol. The molecule has 1 N–H and O–H groups in total. The third-order valence-electron chi connectivity index (χ3n) is 6.56. The van der Waals surface area contributed by atoms with E-state index in [2.05, 4.69) is 46.4 Å². The fraction of sp³-hybridized carbons (Fsp3) is 0.417. The second-order valence-electron chi connectivity index (χ2n) is 8.47. The zero-order valence-corrected chi connectivity index (χ0v) is 15.7. The number of aromatic amines is 1. The van der Waals surface area contributed by atoms with Gasteiger partial charge in [0.15, 0.2) is 0 Å². The van der Waals surface area contributed by atoms with Crippen LogP contribution >= 0.6 is 0 Å². The predicted octanol–water partition coefficient (Wildman–Crippen LogP) is 5.37. The summed E-state index contributed by atoms with van der Waals surface area (Å²) in [6, 6.07) is 16.0. The second kappa shape index (κ2) is 7.12. The maximum atomic E-state index is 13.6. The molecular weight excluding hydrogens is 335 g/mol. The number of nitrogens with zero attached hydrogens (tertiary/aromatic N) is 1. The molecule has 0 radical (unpaired) electrons. The van der Waals surface area contributed by atoms with Gasteiger partial charge in [0.2, 0.25) is 0 Å². The van der Waals surface area contributed by atoms with Crippen molar-refractivity contribution in [1.29, 1.82) is 0 Å². The minimum atomic E-state index is -0.138. The van der Waals surface area contributed by atoms with Gasteiger partial charge in [-0.3, -0.25) is 0 Å². The number of benzene rings is 2. The van der Waals surface area contributed by atoms with Crippen molar-refractivity contribution in [1.82, 2.24) is 9.88 Å². The SMILES string of the molecule is Fc1ccc2[nH]cc(C3CC3CN3CCC(Cc4ccccc4)CC3)c2c1.